The summed E-state index contributed by atoms with van der Waals surface area (Å²) in [4.78, 5) is 0. The summed E-state index contributed by atoms with van der Waals surface area (Å²) in [6.07, 6.45) is 3.87. The average molecular weight is 256 g/mol. The second-order valence-electron chi connectivity index (χ2n) is 6.16. The fourth-order valence-electron chi connectivity index (χ4n) is 2.21. The lowest BCUT2D eigenvalue weighted by Gasteiger charge is -2.25. The van der Waals surface area contributed by atoms with E-state index in [1.54, 1.807) is 0 Å². The Morgan fingerprint density at radius 3 is 2.17 bits per heavy atom. The van der Waals surface area contributed by atoms with Crippen molar-refractivity contribution in [2.45, 2.75) is 66.8 Å². The standard InChI is InChI=1S/C16H36N2/c1-7-13(3)12-18-16(6)11-15(5)14(4)9-10-17-8-2/h13-18H,7-12H2,1-6H3/t13?,14?,15-,16+/m0/s1. The van der Waals surface area contributed by atoms with Crippen LogP contribution in [0.25, 0.3) is 0 Å². The summed E-state index contributed by atoms with van der Waals surface area (Å²) in [6.45, 7) is 17.3. The van der Waals surface area contributed by atoms with Gasteiger partial charge in [0.1, 0.15) is 0 Å². The molecule has 0 aliphatic rings. The van der Waals surface area contributed by atoms with E-state index >= 15 is 0 Å². The summed E-state index contributed by atoms with van der Waals surface area (Å²) < 4.78 is 0. The molecule has 2 N–H and O–H groups in total. The van der Waals surface area contributed by atoms with Crippen molar-refractivity contribution >= 4 is 0 Å². The van der Waals surface area contributed by atoms with Crippen LogP contribution < -0.4 is 10.6 Å². The van der Waals surface area contributed by atoms with Crippen LogP contribution in [0.15, 0.2) is 0 Å². The number of nitrogens with one attached hydrogen (secondary N) is 2. The number of hydrogen-bond acceptors (Lipinski definition) is 2. The highest BCUT2D eigenvalue weighted by Crippen LogP contribution is 2.19. The first-order valence-corrected chi connectivity index (χ1v) is 7.95. The van der Waals surface area contributed by atoms with Gasteiger partial charge in [-0.05, 0) is 57.2 Å². The monoisotopic (exact) mass is 256 g/mol. The van der Waals surface area contributed by atoms with Crippen LogP contribution in [0, 0.1) is 17.8 Å². The SMILES string of the molecule is CCNCCC(C)[C@@H](C)C[C@@H](C)NCC(C)CC. The summed E-state index contributed by atoms with van der Waals surface area (Å²) in [6, 6.07) is 0.649. The highest BCUT2D eigenvalue weighted by molar-refractivity contribution is 4.71. The second kappa shape index (κ2) is 10.8. The van der Waals surface area contributed by atoms with E-state index in [4.69, 9.17) is 0 Å². The fraction of sp³-hybridized carbons (Fsp3) is 1.00. The summed E-state index contributed by atoms with van der Waals surface area (Å²) >= 11 is 0. The minimum atomic E-state index is 0.649. The quantitative estimate of drug-likeness (QED) is 0.551. The smallest absolute Gasteiger partial charge is 0.00414 e. The second-order valence-corrected chi connectivity index (χ2v) is 6.16. The largest absolute Gasteiger partial charge is 0.317 e. The third-order valence-electron chi connectivity index (χ3n) is 4.23. The lowest BCUT2D eigenvalue weighted by Crippen LogP contribution is -2.33. The van der Waals surface area contributed by atoms with Gasteiger partial charge in [0.25, 0.3) is 0 Å². The van der Waals surface area contributed by atoms with Gasteiger partial charge in [-0.3, -0.25) is 0 Å². The molecule has 18 heavy (non-hydrogen) atoms. The molecule has 4 atom stereocenters. The van der Waals surface area contributed by atoms with Crippen molar-refractivity contribution in [2.75, 3.05) is 19.6 Å². The average Bonchev–Trinajstić information content (AvgIpc) is 2.35. The van der Waals surface area contributed by atoms with Gasteiger partial charge < -0.3 is 10.6 Å². The van der Waals surface area contributed by atoms with E-state index in [9.17, 15) is 0 Å². The first-order valence-electron chi connectivity index (χ1n) is 7.95. The molecular formula is C16H36N2. The van der Waals surface area contributed by atoms with Gasteiger partial charge in [-0.2, -0.15) is 0 Å². The van der Waals surface area contributed by atoms with Gasteiger partial charge in [0.05, 0.1) is 0 Å². The van der Waals surface area contributed by atoms with Crippen molar-refractivity contribution in [1.29, 1.82) is 0 Å². The van der Waals surface area contributed by atoms with E-state index in [2.05, 4.69) is 52.2 Å². The Bertz CT molecular complexity index is 182. The van der Waals surface area contributed by atoms with Crippen LogP contribution in [0.1, 0.15) is 60.8 Å². The maximum atomic E-state index is 3.67. The zero-order valence-corrected chi connectivity index (χ0v) is 13.6. The van der Waals surface area contributed by atoms with E-state index < -0.39 is 0 Å². The molecule has 0 spiro atoms. The van der Waals surface area contributed by atoms with Crippen LogP contribution in [0.3, 0.4) is 0 Å². The molecule has 0 aliphatic heterocycles. The van der Waals surface area contributed by atoms with Crippen LogP contribution in [0.5, 0.6) is 0 Å². The molecule has 0 aromatic rings. The lowest BCUT2D eigenvalue weighted by atomic mass is 9.87. The fourth-order valence-corrected chi connectivity index (χ4v) is 2.21. The minimum absolute atomic E-state index is 0.649. The molecule has 2 nitrogen and oxygen atoms in total. The molecule has 0 radical (unpaired) electrons. The van der Waals surface area contributed by atoms with Crippen molar-refractivity contribution in [2.24, 2.45) is 17.8 Å². The molecule has 0 bridgehead atoms. The first kappa shape index (κ1) is 17.9. The molecule has 2 unspecified atom stereocenters. The predicted octanol–water partition coefficient (Wildman–Crippen LogP) is 3.67. The normalized spacial score (nSPS) is 18.3. The van der Waals surface area contributed by atoms with E-state index in [0.717, 1.165) is 37.4 Å². The van der Waals surface area contributed by atoms with Crippen molar-refractivity contribution in [1.82, 2.24) is 10.6 Å². The molecule has 0 fully saturated rings. The predicted molar refractivity (Wildman–Crippen MR) is 83.0 cm³/mol. The molecule has 0 aliphatic carbocycles. The van der Waals surface area contributed by atoms with Crippen molar-refractivity contribution in [3.05, 3.63) is 0 Å². The van der Waals surface area contributed by atoms with Crippen LogP contribution in [-0.4, -0.2) is 25.7 Å². The van der Waals surface area contributed by atoms with Crippen LogP contribution in [0.4, 0.5) is 0 Å². The molecule has 0 amide bonds. The van der Waals surface area contributed by atoms with Gasteiger partial charge in [0.2, 0.25) is 0 Å². The molecule has 2 heteroatoms. The molecule has 0 saturated heterocycles. The Hall–Kier alpha value is -0.0800. The minimum Gasteiger partial charge on any atom is -0.317 e. The zero-order chi connectivity index (χ0) is 14.0. The molecular weight excluding hydrogens is 220 g/mol. The maximum Gasteiger partial charge on any atom is 0.00414 e. The summed E-state index contributed by atoms with van der Waals surface area (Å²) in [5, 5.41) is 7.09. The van der Waals surface area contributed by atoms with Gasteiger partial charge >= 0.3 is 0 Å². The highest BCUT2D eigenvalue weighted by atomic mass is 14.9. The first-order chi connectivity index (χ1) is 8.51. The Kier molecular flexibility index (Phi) is 10.8. The third kappa shape index (κ3) is 8.93. The Morgan fingerprint density at radius 2 is 1.61 bits per heavy atom. The number of hydrogen-bond donors (Lipinski definition) is 2. The van der Waals surface area contributed by atoms with Crippen LogP contribution in [-0.2, 0) is 0 Å². The molecule has 110 valence electrons. The van der Waals surface area contributed by atoms with E-state index in [1.807, 2.05) is 0 Å². The maximum absolute atomic E-state index is 3.67. The van der Waals surface area contributed by atoms with Gasteiger partial charge in [-0.1, -0.05) is 41.0 Å². The van der Waals surface area contributed by atoms with E-state index in [1.165, 1.54) is 19.3 Å². The van der Waals surface area contributed by atoms with Gasteiger partial charge in [-0.25, -0.2) is 0 Å². The Balaban J connectivity index is 3.73. The van der Waals surface area contributed by atoms with E-state index in [-0.39, 0.29) is 0 Å². The van der Waals surface area contributed by atoms with Crippen LogP contribution in [0.2, 0.25) is 0 Å². The third-order valence-corrected chi connectivity index (χ3v) is 4.23. The Morgan fingerprint density at radius 1 is 0.944 bits per heavy atom. The molecule has 0 saturated carbocycles. The summed E-state index contributed by atoms with van der Waals surface area (Å²) in [5.41, 5.74) is 0. The molecule has 0 aromatic carbocycles. The van der Waals surface area contributed by atoms with Gasteiger partial charge in [0, 0.05) is 6.04 Å². The summed E-state index contributed by atoms with van der Waals surface area (Å²) in [5.74, 6) is 2.42. The number of rotatable bonds is 11. The Labute approximate surface area is 115 Å². The van der Waals surface area contributed by atoms with Crippen LogP contribution >= 0.6 is 0 Å². The van der Waals surface area contributed by atoms with E-state index in [0.29, 0.717) is 6.04 Å². The molecule has 0 aromatic heterocycles. The lowest BCUT2D eigenvalue weighted by molar-refractivity contribution is 0.300. The molecule has 0 heterocycles. The van der Waals surface area contributed by atoms with Crippen molar-refractivity contribution in [3.8, 4) is 0 Å². The highest BCUT2D eigenvalue weighted by Gasteiger charge is 2.15. The van der Waals surface area contributed by atoms with Crippen molar-refractivity contribution in [3.63, 3.8) is 0 Å². The van der Waals surface area contributed by atoms with Gasteiger partial charge in [0.15, 0.2) is 0 Å². The zero-order valence-electron chi connectivity index (χ0n) is 13.6. The molecule has 0 rings (SSSR count). The summed E-state index contributed by atoms with van der Waals surface area (Å²) in [7, 11) is 0. The topological polar surface area (TPSA) is 24.1 Å². The van der Waals surface area contributed by atoms with Crippen molar-refractivity contribution < 1.29 is 0 Å². The van der Waals surface area contributed by atoms with Gasteiger partial charge in [-0.15, -0.1) is 0 Å².